The number of nitrogens with zero attached hydrogens (tertiary/aromatic N) is 1. The number of amides is 1. The van der Waals surface area contributed by atoms with Gasteiger partial charge in [0.1, 0.15) is 0 Å². The van der Waals surface area contributed by atoms with E-state index in [0.717, 1.165) is 5.56 Å². The Morgan fingerprint density at radius 3 is 2.59 bits per heavy atom. The van der Waals surface area contributed by atoms with Crippen LogP contribution in [0.2, 0.25) is 10.0 Å². The van der Waals surface area contributed by atoms with Crippen molar-refractivity contribution in [3.63, 3.8) is 0 Å². The van der Waals surface area contributed by atoms with Crippen LogP contribution in [0.25, 0.3) is 0 Å². The summed E-state index contributed by atoms with van der Waals surface area (Å²) in [5.41, 5.74) is 1.46. The molecule has 2 aromatic rings. The van der Waals surface area contributed by atoms with Gasteiger partial charge in [0, 0.05) is 17.1 Å². The summed E-state index contributed by atoms with van der Waals surface area (Å²) < 4.78 is 10.4. The maximum Gasteiger partial charge on any atom is 0.263 e. The number of rotatable bonds is 8. The summed E-state index contributed by atoms with van der Waals surface area (Å²) in [6.07, 6.45) is 0.658. The van der Waals surface area contributed by atoms with Crippen molar-refractivity contribution in [3.05, 3.63) is 57.6 Å². The second-order valence-electron chi connectivity index (χ2n) is 5.53. The first kappa shape index (κ1) is 20.9. The van der Waals surface area contributed by atoms with Crippen LogP contribution < -0.4 is 14.8 Å². The van der Waals surface area contributed by atoms with Crippen LogP contribution in [0.15, 0.2) is 41.6 Å². The summed E-state index contributed by atoms with van der Waals surface area (Å²) in [4.78, 5) is 17.3. The van der Waals surface area contributed by atoms with E-state index in [0.29, 0.717) is 33.7 Å². The van der Waals surface area contributed by atoms with Gasteiger partial charge >= 0.3 is 0 Å². The average molecular weight is 411 g/mol. The minimum Gasteiger partial charge on any atom is -0.493 e. The number of carbonyl (C=O) groups excluding carboxylic acids is 1. The van der Waals surface area contributed by atoms with Gasteiger partial charge in [0.05, 0.1) is 25.5 Å². The van der Waals surface area contributed by atoms with E-state index >= 15 is 0 Å². The van der Waals surface area contributed by atoms with Gasteiger partial charge in [0.15, 0.2) is 11.5 Å². The van der Waals surface area contributed by atoms with E-state index in [1.54, 1.807) is 25.1 Å². The molecule has 1 atom stereocenters. The van der Waals surface area contributed by atoms with Gasteiger partial charge < -0.3 is 19.6 Å². The molecule has 6 nitrogen and oxygen atoms in total. The molecule has 0 aliphatic heterocycles. The van der Waals surface area contributed by atoms with E-state index in [1.165, 1.54) is 20.4 Å². The molecule has 27 heavy (non-hydrogen) atoms. The van der Waals surface area contributed by atoms with Crippen LogP contribution in [0.1, 0.15) is 18.1 Å². The number of ether oxygens (including phenoxy) is 2. The van der Waals surface area contributed by atoms with E-state index in [1.807, 2.05) is 18.2 Å². The van der Waals surface area contributed by atoms with Crippen molar-refractivity contribution in [1.29, 1.82) is 0 Å². The number of carbonyl (C=O) groups is 1. The second-order valence-corrected chi connectivity index (χ2v) is 6.34. The molecule has 0 aliphatic carbocycles. The van der Waals surface area contributed by atoms with Crippen LogP contribution in [-0.4, -0.2) is 32.4 Å². The van der Waals surface area contributed by atoms with Crippen LogP contribution in [-0.2, 0) is 16.2 Å². The molecule has 1 amide bonds. The maximum atomic E-state index is 12.1. The van der Waals surface area contributed by atoms with Gasteiger partial charge in [-0.05, 0) is 30.7 Å². The van der Waals surface area contributed by atoms with E-state index in [2.05, 4.69) is 10.5 Å². The summed E-state index contributed by atoms with van der Waals surface area (Å²) in [5, 5.41) is 7.56. The molecular formula is C19H20Cl2N2O4. The van der Waals surface area contributed by atoms with Crippen LogP contribution >= 0.6 is 23.2 Å². The van der Waals surface area contributed by atoms with Gasteiger partial charge in [-0.25, -0.2) is 0 Å². The highest BCUT2D eigenvalue weighted by Crippen LogP contribution is 2.35. The molecule has 0 bridgehead atoms. The molecular weight excluding hydrogens is 391 g/mol. The zero-order valence-corrected chi connectivity index (χ0v) is 16.7. The molecule has 0 spiro atoms. The van der Waals surface area contributed by atoms with Crippen molar-refractivity contribution < 1.29 is 19.1 Å². The summed E-state index contributed by atoms with van der Waals surface area (Å²) in [5.74, 6) is 0.596. The quantitative estimate of drug-likeness (QED) is 0.525. The Morgan fingerprint density at radius 2 is 1.93 bits per heavy atom. The van der Waals surface area contributed by atoms with Crippen molar-refractivity contribution in [2.75, 3.05) is 14.2 Å². The van der Waals surface area contributed by atoms with Crippen LogP contribution in [0, 0.1) is 0 Å². The van der Waals surface area contributed by atoms with Crippen molar-refractivity contribution in [3.8, 4) is 11.5 Å². The lowest BCUT2D eigenvalue weighted by Gasteiger charge is -2.12. The standard InChI is InChI=1S/C19H20Cl2N2O4/c1-12(19(24)22-11-14-6-4-5-7-15(14)20)27-23-10-13-8-16(21)18(26-3)17(9-13)25-2/h4-10,12H,11H2,1-3H3,(H,22,24)/b23-10+. The first-order valence-corrected chi connectivity index (χ1v) is 8.83. The van der Waals surface area contributed by atoms with Crippen molar-refractivity contribution >= 4 is 35.3 Å². The number of halogens is 2. The molecule has 0 radical (unpaired) electrons. The number of nitrogens with one attached hydrogen (secondary N) is 1. The van der Waals surface area contributed by atoms with Crippen LogP contribution in [0.3, 0.4) is 0 Å². The molecule has 0 fully saturated rings. The molecule has 8 heteroatoms. The van der Waals surface area contributed by atoms with Gasteiger partial charge in [-0.1, -0.05) is 46.6 Å². The lowest BCUT2D eigenvalue weighted by atomic mass is 10.2. The minimum absolute atomic E-state index is 0.307. The SMILES string of the molecule is COc1cc(/C=N/OC(C)C(=O)NCc2ccccc2Cl)cc(Cl)c1OC. The molecule has 1 N–H and O–H groups in total. The van der Waals surface area contributed by atoms with E-state index in [9.17, 15) is 4.79 Å². The van der Waals surface area contributed by atoms with E-state index in [-0.39, 0.29) is 5.91 Å². The number of hydrogen-bond donors (Lipinski definition) is 1. The van der Waals surface area contributed by atoms with Crippen molar-refractivity contribution in [1.82, 2.24) is 5.32 Å². The fourth-order valence-electron chi connectivity index (χ4n) is 2.21. The monoisotopic (exact) mass is 410 g/mol. The highest BCUT2D eigenvalue weighted by molar-refractivity contribution is 6.32. The number of benzene rings is 2. The molecule has 0 saturated carbocycles. The summed E-state index contributed by atoms with van der Waals surface area (Å²) in [6, 6.07) is 10.6. The third-order valence-corrected chi connectivity index (χ3v) is 4.31. The van der Waals surface area contributed by atoms with E-state index < -0.39 is 6.10 Å². The van der Waals surface area contributed by atoms with Gasteiger partial charge in [-0.3, -0.25) is 4.79 Å². The zero-order chi connectivity index (χ0) is 19.8. The topological polar surface area (TPSA) is 69.2 Å². The zero-order valence-electron chi connectivity index (χ0n) is 15.2. The van der Waals surface area contributed by atoms with Crippen molar-refractivity contribution in [2.45, 2.75) is 19.6 Å². The predicted octanol–water partition coefficient (Wildman–Crippen LogP) is 4.07. The molecule has 0 aliphatic rings. The van der Waals surface area contributed by atoms with Crippen LogP contribution in [0.4, 0.5) is 0 Å². The Balaban J connectivity index is 1.92. The minimum atomic E-state index is -0.778. The molecule has 2 rings (SSSR count). The Hall–Kier alpha value is -2.44. The summed E-state index contributed by atoms with van der Waals surface area (Å²) >= 11 is 12.2. The highest BCUT2D eigenvalue weighted by Gasteiger charge is 2.14. The summed E-state index contributed by atoms with van der Waals surface area (Å²) in [6.45, 7) is 1.90. The smallest absolute Gasteiger partial charge is 0.263 e. The first-order valence-electron chi connectivity index (χ1n) is 8.08. The van der Waals surface area contributed by atoms with Gasteiger partial charge in [-0.2, -0.15) is 0 Å². The second kappa shape index (κ2) is 10.0. The van der Waals surface area contributed by atoms with Crippen LogP contribution in [0.5, 0.6) is 11.5 Å². The average Bonchev–Trinajstić information content (AvgIpc) is 2.66. The van der Waals surface area contributed by atoms with Gasteiger partial charge in [0.25, 0.3) is 5.91 Å². The first-order chi connectivity index (χ1) is 13.0. The molecule has 1 unspecified atom stereocenters. The van der Waals surface area contributed by atoms with Crippen molar-refractivity contribution in [2.24, 2.45) is 5.16 Å². The lowest BCUT2D eigenvalue weighted by molar-refractivity contribution is -0.131. The molecule has 0 heterocycles. The Bertz CT molecular complexity index is 827. The predicted molar refractivity (Wildman–Crippen MR) is 106 cm³/mol. The third-order valence-electron chi connectivity index (χ3n) is 3.66. The highest BCUT2D eigenvalue weighted by atomic mass is 35.5. The number of hydrogen-bond acceptors (Lipinski definition) is 5. The number of methoxy groups -OCH3 is 2. The normalized spacial score (nSPS) is 11.9. The third kappa shape index (κ3) is 5.77. The Morgan fingerprint density at radius 1 is 1.19 bits per heavy atom. The largest absolute Gasteiger partial charge is 0.493 e. The Kier molecular flexibility index (Phi) is 7.76. The number of oxime groups is 1. The fraction of sp³-hybridized carbons (Fsp3) is 0.263. The summed E-state index contributed by atoms with van der Waals surface area (Å²) in [7, 11) is 3.01. The molecule has 0 saturated heterocycles. The molecule has 0 aromatic heterocycles. The lowest BCUT2D eigenvalue weighted by Crippen LogP contribution is -2.33. The molecule has 144 valence electrons. The van der Waals surface area contributed by atoms with Gasteiger partial charge in [0.2, 0.25) is 6.10 Å². The Labute approximate surface area is 168 Å². The maximum absolute atomic E-state index is 12.1. The van der Waals surface area contributed by atoms with E-state index in [4.69, 9.17) is 37.5 Å². The molecule has 2 aromatic carbocycles. The fourth-order valence-corrected chi connectivity index (χ4v) is 2.71. The van der Waals surface area contributed by atoms with Gasteiger partial charge in [-0.15, -0.1) is 0 Å².